The van der Waals surface area contributed by atoms with Gasteiger partial charge in [-0.2, -0.15) is 13.2 Å². The van der Waals surface area contributed by atoms with Gasteiger partial charge >= 0.3 is 6.18 Å². The number of carbonyl (C=O) groups is 1. The Morgan fingerprint density at radius 2 is 1.86 bits per heavy atom. The Balaban J connectivity index is 1.89. The van der Waals surface area contributed by atoms with Crippen LogP contribution < -0.4 is 5.32 Å². The molecule has 0 aliphatic carbocycles. The zero-order valence-corrected chi connectivity index (χ0v) is 17.3. The van der Waals surface area contributed by atoms with Gasteiger partial charge in [0.25, 0.3) is 5.91 Å². The van der Waals surface area contributed by atoms with E-state index in [2.05, 4.69) is 33.4 Å². The molecular formula is C21H22BrF3N2O. The number of piperidine rings is 1. The van der Waals surface area contributed by atoms with Gasteiger partial charge in [0.05, 0.1) is 5.56 Å². The predicted octanol–water partition coefficient (Wildman–Crippen LogP) is 4.99. The van der Waals surface area contributed by atoms with E-state index in [0.717, 1.165) is 42.8 Å². The van der Waals surface area contributed by atoms with Crippen LogP contribution in [0.2, 0.25) is 0 Å². The predicted molar refractivity (Wildman–Crippen MR) is 106 cm³/mol. The Bertz CT molecular complexity index is 852. The summed E-state index contributed by atoms with van der Waals surface area (Å²) in [4.78, 5) is 14.6. The van der Waals surface area contributed by atoms with Crippen molar-refractivity contribution in [2.45, 2.75) is 31.5 Å². The monoisotopic (exact) mass is 454 g/mol. The SMILES string of the molecule is Cc1ccc([C@@H]2CNCC[C@H]2N(C)C(=O)c2cc(Br)cc(C(F)(F)F)c2)cc1. The van der Waals surface area contributed by atoms with Crippen LogP contribution in [0.3, 0.4) is 0 Å². The van der Waals surface area contributed by atoms with Crippen LogP contribution in [0.1, 0.15) is 39.4 Å². The third-order valence-electron chi connectivity index (χ3n) is 5.24. The second-order valence-electron chi connectivity index (χ2n) is 7.22. The highest BCUT2D eigenvalue weighted by molar-refractivity contribution is 9.10. The van der Waals surface area contributed by atoms with Crippen molar-refractivity contribution in [1.82, 2.24) is 10.2 Å². The molecule has 7 heteroatoms. The van der Waals surface area contributed by atoms with Crippen LogP contribution in [0.25, 0.3) is 0 Å². The van der Waals surface area contributed by atoms with E-state index >= 15 is 0 Å². The van der Waals surface area contributed by atoms with Crippen LogP contribution >= 0.6 is 15.9 Å². The largest absolute Gasteiger partial charge is 0.416 e. The highest BCUT2D eigenvalue weighted by Gasteiger charge is 2.34. The van der Waals surface area contributed by atoms with Gasteiger partial charge in [-0.1, -0.05) is 45.8 Å². The van der Waals surface area contributed by atoms with Crippen molar-refractivity contribution >= 4 is 21.8 Å². The van der Waals surface area contributed by atoms with Gasteiger partial charge in [-0.15, -0.1) is 0 Å². The molecule has 2 aromatic rings. The molecule has 1 fully saturated rings. The quantitative estimate of drug-likeness (QED) is 0.707. The van der Waals surface area contributed by atoms with Crippen molar-refractivity contribution in [3.05, 3.63) is 69.2 Å². The first-order chi connectivity index (χ1) is 13.2. The molecule has 1 aliphatic rings. The molecule has 0 bridgehead atoms. The molecule has 1 amide bonds. The highest BCUT2D eigenvalue weighted by atomic mass is 79.9. The van der Waals surface area contributed by atoms with Gasteiger partial charge in [0.15, 0.2) is 0 Å². The molecule has 28 heavy (non-hydrogen) atoms. The molecule has 3 nitrogen and oxygen atoms in total. The van der Waals surface area contributed by atoms with Crippen LogP contribution in [0.4, 0.5) is 13.2 Å². The number of aryl methyl sites for hydroxylation is 1. The van der Waals surface area contributed by atoms with E-state index in [1.807, 2.05) is 19.1 Å². The van der Waals surface area contributed by atoms with Gasteiger partial charge in [0.1, 0.15) is 0 Å². The maximum Gasteiger partial charge on any atom is 0.416 e. The number of alkyl halides is 3. The first-order valence-corrected chi connectivity index (χ1v) is 9.88. The van der Waals surface area contributed by atoms with E-state index in [9.17, 15) is 18.0 Å². The minimum atomic E-state index is -4.50. The second-order valence-corrected chi connectivity index (χ2v) is 8.14. The number of amides is 1. The minimum absolute atomic E-state index is 0.0328. The van der Waals surface area contributed by atoms with Gasteiger partial charge in [-0.25, -0.2) is 0 Å². The van der Waals surface area contributed by atoms with Crippen molar-refractivity contribution < 1.29 is 18.0 Å². The van der Waals surface area contributed by atoms with E-state index in [4.69, 9.17) is 0 Å². The van der Waals surface area contributed by atoms with Gasteiger partial charge in [-0.3, -0.25) is 4.79 Å². The smallest absolute Gasteiger partial charge is 0.338 e. The van der Waals surface area contributed by atoms with Crippen molar-refractivity contribution in [2.24, 2.45) is 0 Å². The maximum atomic E-state index is 13.1. The molecule has 2 atom stereocenters. The third kappa shape index (κ3) is 4.58. The van der Waals surface area contributed by atoms with Crippen LogP contribution in [0, 0.1) is 6.92 Å². The lowest BCUT2D eigenvalue weighted by Gasteiger charge is -2.39. The topological polar surface area (TPSA) is 32.3 Å². The lowest BCUT2D eigenvalue weighted by Crippen LogP contribution is -2.49. The van der Waals surface area contributed by atoms with E-state index in [1.165, 1.54) is 6.07 Å². The standard InChI is InChI=1S/C21H22BrF3N2O/c1-13-3-5-14(6-4-13)18-12-26-8-7-19(18)27(2)20(28)15-9-16(21(23,24)25)11-17(22)10-15/h3-6,9-11,18-19,26H,7-8,12H2,1-2H3/t18-,19+/m0/s1. The molecule has 2 aromatic carbocycles. The average Bonchev–Trinajstić information content (AvgIpc) is 2.66. The van der Waals surface area contributed by atoms with E-state index in [1.54, 1.807) is 11.9 Å². The fourth-order valence-corrected chi connectivity index (χ4v) is 4.19. The lowest BCUT2D eigenvalue weighted by atomic mass is 9.85. The van der Waals surface area contributed by atoms with Gasteiger partial charge in [-0.05, 0) is 43.7 Å². The molecule has 1 heterocycles. The van der Waals surface area contributed by atoms with Crippen molar-refractivity contribution in [3.8, 4) is 0 Å². The summed E-state index contributed by atoms with van der Waals surface area (Å²) < 4.78 is 39.6. The summed E-state index contributed by atoms with van der Waals surface area (Å²) in [5, 5.41) is 3.36. The van der Waals surface area contributed by atoms with Crippen LogP contribution in [-0.2, 0) is 6.18 Å². The molecule has 0 saturated carbocycles. The number of nitrogens with zero attached hydrogens (tertiary/aromatic N) is 1. The summed E-state index contributed by atoms with van der Waals surface area (Å²) in [5.41, 5.74) is 1.47. The van der Waals surface area contributed by atoms with E-state index < -0.39 is 17.6 Å². The Labute approximate surface area is 171 Å². The molecule has 0 spiro atoms. The van der Waals surface area contributed by atoms with Crippen molar-refractivity contribution in [2.75, 3.05) is 20.1 Å². The van der Waals surface area contributed by atoms with E-state index in [-0.39, 0.29) is 22.0 Å². The van der Waals surface area contributed by atoms with E-state index in [0.29, 0.717) is 0 Å². The Kier molecular flexibility index (Phi) is 6.15. The molecule has 0 unspecified atom stereocenters. The molecule has 3 rings (SSSR count). The summed E-state index contributed by atoms with van der Waals surface area (Å²) in [6.45, 7) is 3.50. The fraction of sp³-hybridized carbons (Fsp3) is 0.381. The highest BCUT2D eigenvalue weighted by Crippen LogP contribution is 2.33. The summed E-state index contributed by atoms with van der Waals surface area (Å²) in [6, 6.07) is 11.4. The first-order valence-electron chi connectivity index (χ1n) is 9.09. The molecule has 1 saturated heterocycles. The number of nitrogens with one attached hydrogen (secondary N) is 1. The Morgan fingerprint density at radius 3 is 2.50 bits per heavy atom. The summed E-state index contributed by atoms with van der Waals surface area (Å²) in [5.74, 6) is -0.326. The summed E-state index contributed by atoms with van der Waals surface area (Å²) in [6.07, 6.45) is -3.77. The summed E-state index contributed by atoms with van der Waals surface area (Å²) >= 11 is 3.09. The zero-order valence-electron chi connectivity index (χ0n) is 15.7. The summed E-state index contributed by atoms with van der Waals surface area (Å²) in [7, 11) is 1.67. The molecule has 1 N–H and O–H groups in total. The molecule has 0 radical (unpaired) electrons. The molecule has 1 aliphatic heterocycles. The lowest BCUT2D eigenvalue weighted by molar-refractivity contribution is -0.137. The van der Waals surface area contributed by atoms with Gasteiger partial charge in [0.2, 0.25) is 0 Å². The maximum absolute atomic E-state index is 13.1. The number of likely N-dealkylation sites (N-methyl/N-ethyl adjacent to an activating group) is 1. The number of benzene rings is 2. The van der Waals surface area contributed by atoms with Gasteiger partial charge < -0.3 is 10.2 Å². The Hall–Kier alpha value is -1.86. The third-order valence-corrected chi connectivity index (χ3v) is 5.70. The molecule has 150 valence electrons. The zero-order chi connectivity index (χ0) is 20.5. The second kappa shape index (κ2) is 8.25. The normalized spacial score (nSPS) is 20.1. The van der Waals surface area contributed by atoms with Gasteiger partial charge in [0, 0.05) is 35.6 Å². The number of rotatable bonds is 3. The van der Waals surface area contributed by atoms with Crippen molar-refractivity contribution in [3.63, 3.8) is 0 Å². The molecule has 0 aromatic heterocycles. The van der Waals surface area contributed by atoms with Crippen LogP contribution in [0.15, 0.2) is 46.9 Å². The fourth-order valence-electron chi connectivity index (χ4n) is 3.69. The van der Waals surface area contributed by atoms with Crippen molar-refractivity contribution in [1.29, 1.82) is 0 Å². The first kappa shape index (κ1) is 20.9. The minimum Gasteiger partial charge on any atom is -0.338 e. The Morgan fingerprint density at radius 1 is 1.18 bits per heavy atom. The molecular weight excluding hydrogens is 433 g/mol. The average molecular weight is 455 g/mol. The van der Waals surface area contributed by atoms with Crippen LogP contribution in [0.5, 0.6) is 0 Å². The van der Waals surface area contributed by atoms with Crippen LogP contribution in [-0.4, -0.2) is 37.0 Å². The number of carbonyl (C=O) groups excluding carboxylic acids is 1. The number of halogens is 4. The number of hydrogen-bond donors (Lipinski definition) is 1. The number of hydrogen-bond acceptors (Lipinski definition) is 2.